The lowest BCUT2D eigenvalue weighted by Crippen LogP contribution is -2.38. The quantitative estimate of drug-likeness (QED) is 0.418. The zero-order valence-corrected chi connectivity index (χ0v) is 14.0. The van der Waals surface area contributed by atoms with E-state index in [0.29, 0.717) is 0 Å². The van der Waals surface area contributed by atoms with Gasteiger partial charge in [0.25, 0.3) is 0 Å². The SMILES string of the molecule is CCNC(=NCCCn1cc(C)cn1)NCCCC(C)C. The Morgan fingerprint density at radius 2 is 2.14 bits per heavy atom. The molecule has 0 radical (unpaired) electrons. The Kier molecular flexibility index (Phi) is 8.55. The van der Waals surface area contributed by atoms with Crippen molar-refractivity contribution < 1.29 is 0 Å². The molecule has 5 nitrogen and oxygen atoms in total. The first-order valence-corrected chi connectivity index (χ1v) is 8.13. The summed E-state index contributed by atoms with van der Waals surface area (Å²) < 4.78 is 1.98. The number of aromatic nitrogens is 2. The molecule has 1 heterocycles. The summed E-state index contributed by atoms with van der Waals surface area (Å²) in [5.41, 5.74) is 1.21. The fraction of sp³-hybridized carbons (Fsp3) is 0.750. The van der Waals surface area contributed by atoms with Crippen molar-refractivity contribution in [1.29, 1.82) is 0 Å². The number of rotatable bonds is 9. The number of nitrogens with zero attached hydrogens (tertiary/aromatic N) is 3. The summed E-state index contributed by atoms with van der Waals surface area (Å²) in [5.74, 6) is 1.70. The fourth-order valence-electron chi connectivity index (χ4n) is 2.07. The number of hydrogen-bond acceptors (Lipinski definition) is 2. The minimum absolute atomic E-state index is 0.767. The normalized spacial score (nSPS) is 12.0. The maximum atomic E-state index is 4.61. The molecule has 0 aliphatic rings. The molecule has 0 aliphatic carbocycles. The van der Waals surface area contributed by atoms with Crippen LogP contribution in [0.15, 0.2) is 17.4 Å². The summed E-state index contributed by atoms with van der Waals surface area (Å²) in [6.07, 6.45) is 7.41. The summed E-state index contributed by atoms with van der Waals surface area (Å²) in [4.78, 5) is 4.61. The topological polar surface area (TPSA) is 54.2 Å². The predicted octanol–water partition coefficient (Wildman–Crippen LogP) is 2.57. The highest BCUT2D eigenvalue weighted by Gasteiger charge is 1.98. The van der Waals surface area contributed by atoms with Gasteiger partial charge in [0, 0.05) is 32.4 Å². The first-order valence-electron chi connectivity index (χ1n) is 8.13. The third-order valence-electron chi connectivity index (χ3n) is 3.17. The first kappa shape index (κ1) is 17.5. The molecular weight excluding hydrogens is 262 g/mol. The molecule has 0 aromatic carbocycles. The highest BCUT2D eigenvalue weighted by molar-refractivity contribution is 5.79. The van der Waals surface area contributed by atoms with Crippen LogP contribution in [-0.4, -0.2) is 35.4 Å². The van der Waals surface area contributed by atoms with E-state index in [1.807, 2.05) is 10.9 Å². The maximum Gasteiger partial charge on any atom is 0.191 e. The fourth-order valence-corrected chi connectivity index (χ4v) is 2.07. The Hall–Kier alpha value is -1.52. The van der Waals surface area contributed by atoms with Gasteiger partial charge in [0.15, 0.2) is 5.96 Å². The molecule has 1 aromatic rings. The molecule has 0 saturated carbocycles. The van der Waals surface area contributed by atoms with Crippen LogP contribution < -0.4 is 10.6 Å². The Bertz CT molecular complexity index is 409. The van der Waals surface area contributed by atoms with Gasteiger partial charge in [-0.3, -0.25) is 9.67 Å². The van der Waals surface area contributed by atoms with E-state index in [-0.39, 0.29) is 0 Å². The van der Waals surface area contributed by atoms with Gasteiger partial charge < -0.3 is 10.6 Å². The average molecular weight is 293 g/mol. The number of nitrogens with one attached hydrogen (secondary N) is 2. The van der Waals surface area contributed by atoms with E-state index in [1.165, 1.54) is 18.4 Å². The molecule has 2 N–H and O–H groups in total. The van der Waals surface area contributed by atoms with E-state index in [0.717, 1.165) is 44.5 Å². The molecule has 1 aromatic heterocycles. The molecule has 5 heteroatoms. The summed E-state index contributed by atoms with van der Waals surface area (Å²) in [6.45, 7) is 12.3. The second-order valence-corrected chi connectivity index (χ2v) is 5.86. The van der Waals surface area contributed by atoms with Gasteiger partial charge in [0.2, 0.25) is 0 Å². The van der Waals surface area contributed by atoms with Crippen LogP contribution in [0.1, 0.15) is 45.6 Å². The van der Waals surface area contributed by atoms with Crippen LogP contribution >= 0.6 is 0 Å². The van der Waals surface area contributed by atoms with E-state index < -0.39 is 0 Å². The van der Waals surface area contributed by atoms with E-state index in [4.69, 9.17) is 0 Å². The minimum Gasteiger partial charge on any atom is -0.357 e. The van der Waals surface area contributed by atoms with Gasteiger partial charge in [-0.2, -0.15) is 5.10 Å². The summed E-state index contributed by atoms with van der Waals surface area (Å²) in [7, 11) is 0. The second kappa shape index (κ2) is 10.2. The van der Waals surface area contributed by atoms with Gasteiger partial charge in [-0.1, -0.05) is 13.8 Å². The predicted molar refractivity (Wildman–Crippen MR) is 89.6 cm³/mol. The van der Waals surface area contributed by atoms with Crippen molar-refractivity contribution >= 4 is 5.96 Å². The van der Waals surface area contributed by atoms with Crippen LogP contribution in [0.5, 0.6) is 0 Å². The molecule has 1 rings (SSSR count). The molecule has 21 heavy (non-hydrogen) atoms. The van der Waals surface area contributed by atoms with Gasteiger partial charge >= 0.3 is 0 Å². The van der Waals surface area contributed by atoms with Crippen molar-refractivity contribution in [2.24, 2.45) is 10.9 Å². The third-order valence-corrected chi connectivity index (χ3v) is 3.17. The molecular formula is C16H31N5. The number of guanidine groups is 1. The largest absolute Gasteiger partial charge is 0.357 e. The highest BCUT2D eigenvalue weighted by atomic mass is 15.3. The first-order chi connectivity index (χ1) is 10.1. The van der Waals surface area contributed by atoms with Crippen molar-refractivity contribution in [2.75, 3.05) is 19.6 Å². The lowest BCUT2D eigenvalue weighted by Gasteiger charge is -2.12. The van der Waals surface area contributed by atoms with Gasteiger partial charge in [-0.05, 0) is 44.6 Å². The average Bonchev–Trinajstić information content (AvgIpc) is 2.85. The second-order valence-electron chi connectivity index (χ2n) is 5.86. The number of aliphatic imine (C=N–C) groups is 1. The molecule has 0 amide bonds. The summed E-state index contributed by atoms with van der Waals surface area (Å²) >= 11 is 0. The Balaban J connectivity index is 2.23. The maximum absolute atomic E-state index is 4.61. The molecule has 0 unspecified atom stereocenters. The van der Waals surface area contributed by atoms with Crippen LogP contribution in [0.25, 0.3) is 0 Å². The molecule has 0 aliphatic heterocycles. The minimum atomic E-state index is 0.767. The highest BCUT2D eigenvalue weighted by Crippen LogP contribution is 2.01. The van der Waals surface area contributed by atoms with Crippen LogP contribution in [0.3, 0.4) is 0 Å². The number of hydrogen-bond donors (Lipinski definition) is 2. The lowest BCUT2D eigenvalue weighted by atomic mass is 10.1. The van der Waals surface area contributed by atoms with Crippen molar-refractivity contribution in [2.45, 2.75) is 53.5 Å². The van der Waals surface area contributed by atoms with E-state index in [2.05, 4.69) is 54.6 Å². The van der Waals surface area contributed by atoms with Gasteiger partial charge in [0.05, 0.1) is 6.20 Å². The van der Waals surface area contributed by atoms with Crippen LogP contribution in [0, 0.1) is 12.8 Å². The van der Waals surface area contributed by atoms with Crippen LogP contribution in [-0.2, 0) is 6.54 Å². The van der Waals surface area contributed by atoms with Gasteiger partial charge in [0.1, 0.15) is 0 Å². The molecule has 0 atom stereocenters. The van der Waals surface area contributed by atoms with E-state index in [9.17, 15) is 0 Å². The molecule has 0 spiro atoms. The van der Waals surface area contributed by atoms with Crippen molar-refractivity contribution in [3.05, 3.63) is 18.0 Å². The van der Waals surface area contributed by atoms with E-state index in [1.54, 1.807) is 0 Å². The Morgan fingerprint density at radius 1 is 1.33 bits per heavy atom. The van der Waals surface area contributed by atoms with Crippen molar-refractivity contribution in [3.63, 3.8) is 0 Å². The zero-order chi connectivity index (χ0) is 15.5. The Morgan fingerprint density at radius 3 is 2.76 bits per heavy atom. The third kappa shape index (κ3) is 8.38. The molecule has 0 bridgehead atoms. The number of aryl methyl sites for hydroxylation is 2. The standard InChI is InChI=1S/C16H31N5/c1-5-17-16(18-9-6-8-14(2)3)19-10-7-11-21-13-15(4)12-20-21/h12-14H,5-11H2,1-4H3,(H2,17,18,19). The molecule has 120 valence electrons. The monoisotopic (exact) mass is 293 g/mol. The zero-order valence-electron chi connectivity index (χ0n) is 14.0. The van der Waals surface area contributed by atoms with Gasteiger partial charge in [-0.25, -0.2) is 0 Å². The molecule has 0 saturated heterocycles. The Labute approximate surface area is 129 Å². The summed E-state index contributed by atoms with van der Waals surface area (Å²) in [6, 6.07) is 0. The van der Waals surface area contributed by atoms with Crippen LogP contribution in [0.4, 0.5) is 0 Å². The smallest absolute Gasteiger partial charge is 0.191 e. The summed E-state index contributed by atoms with van der Waals surface area (Å²) in [5, 5.41) is 11.0. The van der Waals surface area contributed by atoms with Gasteiger partial charge in [-0.15, -0.1) is 0 Å². The van der Waals surface area contributed by atoms with Crippen molar-refractivity contribution in [1.82, 2.24) is 20.4 Å². The lowest BCUT2D eigenvalue weighted by molar-refractivity contribution is 0.548. The van der Waals surface area contributed by atoms with Crippen molar-refractivity contribution in [3.8, 4) is 0 Å². The molecule has 0 fully saturated rings. The van der Waals surface area contributed by atoms with E-state index >= 15 is 0 Å². The van der Waals surface area contributed by atoms with Crippen LogP contribution in [0.2, 0.25) is 0 Å².